The van der Waals surface area contributed by atoms with Gasteiger partial charge in [-0.05, 0) is 31.9 Å². The van der Waals surface area contributed by atoms with Gasteiger partial charge in [-0.25, -0.2) is 9.59 Å². The highest BCUT2D eigenvalue weighted by Crippen LogP contribution is 2.33. The number of benzene rings is 1. The molecule has 3 amide bonds. The Labute approximate surface area is 148 Å². The number of ether oxygens (including phenoxy) is 2. The first-order chi connectivity index (χ1) is 11.9. The molecule has 1 N–H and O–H groups in total. The summed E-state index contributed by atoms with van der Waals surface area (Å²) in [4.78, 5) is 27.6. The van der Waals surface area contributed by atoms with E-state index in [1.807, 2.05) is 13.8 Å². The molecule has 0 radical (unpaired) electrons. The summed E-state index contributed by atoms with van der Waals surface area (Å²) in [5.41, 5.74) is 1.25. The zero-order chi connectivity index (χ0) is 18.6. The Morgan fingerprint density at radius 1 is 1.40 bits per heavy atom. The fourth-order valence-electron chi connectivity index (χ4n) is 2.76. The molecule has 25 heavy (non-hydrogen) atoms. The van der Waals surface area contributed by atoms with Crippen molar-refractivity contribution < 1.29 is 19.1 Å². The lowest BCUT2D eigenvalue weighted by atomic mass is 10.1. The Balaban J connectivity index is 2.17. The molecule has 1 fully saturated rings. The lowest BCUT2D eigenvalue weighted by Crippen LogP contribution is -2.43. The maximum atomic E-state index is 12.6. The van der Waals surface area contributed by atoms with Gasteiger partial charge >= 0.3 is 12.1 Å². The van der Waals surface area contributed by atoms with Crippen LogP contribution in [-0.4, -0.2) is 49.9 Å². The van der Waals surface area contributed by atoms with Gasteiger partial charge in [0.25, 0.3) is 0 Å². The van der Waals surface area contributed by atoms with Crippen molar-refractivity contribution in [2.75, 3.05) is 37.0 Å². The van der Waals surface area contributed by atoms with Crippen molar-refractivity contribution in [3.63, 3.8) is 0 Å². The molecule has 1 atom stereocenters. The molecule has 7 heteroatoms. The summed E-state index contributed by atoms with van der Waals surface area (Å²) < 4.78 is 10.4. The molecule has 0 spiro atoms. The lowest BCUT2D eigenvalue weighted by Gasteiger charge is -2.31. The van der Waals surface area contributed by atoms with Gasteiger partial charge in [-0.2, -0.15) is 0 Å². The molecule has 0 saturated carbocycles. The molecule has 1 aromatic carbocycles. The van der Waals surface area contributed by atoms with E-state index in [-0.39, 0.29) is 12.1 Å². The molecular formula is C18H27N3O4. The van der Waals surface area contributed by atoms with Crippen molar-refractivity contribution in [3.05, 3.63) is 18.2 Å². The summed E-state index contributed by atoms with van der Waals surface area (Å²) in [6.07, 6.45) is -0.391. The fourth-order valence-corrected chi connectivity index (χ4v) is 2.76. The first kappa shape index (κ1) is 18.9. The number of methoxy groups -OCH3 is 1. The number of anilines is 2. The van der Waals surface area contributed by atoms with Crippen LogP contribution in [0.4, 0.5) is 21.0 Å². The molecule has 1 heterocycles. The number of hydrogen-bond acceptors (Lipinski definition) is 4. The molecule has 0 unspecified atom stereocenters. The lowest BCUT2D eigenvalue weighted by molar-refractivity contribution is 0.178. The number of rotatable bonds is 6. The van der Waals surface area contributed by atoms with Crippen LogP contribution in [0.5, 0.6) is 5.75 Å². The van der Waals surface area contributed by atoms with Gasteiger partial charge in [-0.15, -0.1) is 0 Å². The van der Waals surface area contributed by atoms with Crippen LogP contribution in [0, 0.1) is 5.92 Å². The summed E-state index contributed by atoms with van der Waals surface area (Å²) in [6, 6.07) is 5.20. The van der Waals surface area contributed by atoms with Crippen LogP contribution in [0.15, 0.2) is 18.2 Å². The number of amides is 3. The second kappa shape index (κ2) is 8.09. The molecule has 1 aliphatic heterocycles. The summed E-state index contributed by atoms with van der Waals surface area (Å²) in [5, 5.41) is 2.90. The first-order valence-electron chi connectivity index (χ1n) is 8.59. The fraction of sp³-hybridized carbons (Fsp3) is 0.556. The zero-order valence-corrected chi connectivity index (χ0v) is 15.5. The number of urea groups is 1. The van der Waals surface area contributed by atoms with Gasteiger partial charge in [0.05, 0.1) is 19.3 Å². The van der Waals surface area contributed by atoms with Gasteiger partial charge in [0, 0.05) is 24.3 Å². The average Bonchev–Trinajstić information content (AvgIpc) is 3.01. The van der Waals surface area contributed by atoms with E-state index in [4.69, 9.17) is 9.47 Å². The highest BCUT2D eigenvalue weighted by molar-refractivity contribution is 5.93. The summed E-state index contributed by atoms with van der Waals surface area (Å²) in [7, 11) is 1.53. The SMILES string of the molecule is CCN(C(=O)Nc1ccc(N2CCOC2=O)c(OC)c1)[C@@H](C)C(C)C. The molecule has 1 saturated heterocycles. The van der Waals surface area contributed by atoms with Gasteiger partial charge < -0.3 is 19.7 Å². The molecule has 0 aliphatic carbocycles. The molecule has 138 valence electrons. The molecule has 1 aliphatic rings. The number of nitrogens with one attached hydrogen (secondary N) is 1. The van der Waals surface area contributed by atoms with Crippen LogP contribution in [0.25, 0.3) is 0 Å². The summed E-state index contributed by atoms with van der Waals surface area (Å²) >= 11 is 0. The number of cyclic esters (lactones) is 1. The summed E-state index contributed by atoms with van der Waals surface area (Å²) in [6.45, 7) is 9.65. The van der Waals surface area contributed by atoms with Gasteiger partial charge in [0.15, 0.2) is 0 Å². The topological polar surface area (TPSA) is 71.1 Å². The number of nitrogens with zero attached hydrogens (tertiary/aromatic N) is 2. The molecular weight excluding hydrogens is 322 g/mol. The van der Waals surface area contributed by atoms with Gasteiger partial charge in [-0.3, -0.25) is 4.90 Å². The van der Waals surface area contributed by atoms with E-state index in [1.54, 1.807) is 23.1 Å². The third-order valence-electron chi connectivity index (χ3n) is 4.54. The standard InChI is InChI=1S/C18H27N3O4/c1-6-20(13(4)12(2)3)17(22)19-14-7-8-15(16(11-14)24-5)21-9-10-25-18(21)23/h7-8,11-13H,6,9-10H2,1-5H3,(H,19,22)/t13-/m0/s1. The summed E-state index contributed by atoms with van der Waals surface area (Å²) in [5.74, 6) is 0.875. The minimum atomic E-state index is -0.391. The van der Waals surface area contributed by atoms with Gasteiger partial charge in [0.1, 0.15) is 12.4 Å². The Morgan fingerprint density at radius 2 is 2.12 bits per heavy atom. The molecule has 0 aromatic heterocycles. The number of carbonyl (C=O) groups is 2. The third kappa shape index (κ3) is 4.15. The molecule has 2 rings (SSSR count). The van der Waals surface area contributed by atoms with Crippen LogP contribution in [-0.2, 0) is 4.74 Å². The van der Waals surface area contributed by atoms with Crippen molar-refractivity contribution in [2.45, 2.75) is 33.7 Å². The third-order valence-corrected chi connectivity index (χ3v) is 4.54. The number of carbonyl (C=O) groups excluding carboxylic acids is 2. The van der Waals surface area contributed by atoms with E-state index < -0.39 is 6.09 Å². The van der Waals surface area contributed by atoms with Crippen molar-refractivity contribution in [1.29, 1.82) is 0 Å². The van der Waals surface area contributed by atoms with Crippen molar-refractivity contribution in [2.24, 2.45) is 5.92 Å². The maximum absolute atomic E-state index is 12.6. The molecule has 7 nitrogen and oxygen atoms in total. The van der Waals surface area contributed by atoms with E-state index in [0.29, 0.717) is 42.7 Å². The van der Waals surface area contributed by atoms with Gasteiger partial charge in [0.2, 0.25) is 0 Å². The minimum absolute atomic E-state index is 0.130. The minimum Gasteiger partial charge on any atom is -0.494 e. The average molecular weight is 349 g/mol. The first-order valence-corrected chi connectivity index (χ1v) is 8.59. The van der Waals surface area contributed by atoms with Gasteiger partial charge in [-0.1, -0.05) is 13.8 Å². The predicted molar refractivity (Wildman–Crippen MR) is 97.4 cm³/mol. The van der Waals surface area contributed by atoms with Crippen LogP contribution in [0.2, 0.25) is 0 Å². The van der Waals surface area contributed by atoms with Crippen molar-refractivity contribution >= 4 is 23.5 Å². The highest BCUT2D eigenvalue weighted by Gasteiger charge is 2.27. The maximum Gasteiger partial charge on any atom is 0.414 e. The van der Waals surface area contributed by atoms with E-state index >= 15 is 0 Å². The molecule has 1 aromatic rings. The quantitative estimate of drug-likeness (QED) is 0.852. The van der Waals surface area contributed by atoms with E-state index in [1.165, 1.54) is 12.0 Å². The Kier molecular flexibility index (Phi) is 6.12. The van der Waals surface area contributed by atoms with Crippen LogP contribution >= 0.6 is 0 Å². The normalized spacial score (nSPS) is 15.1. The van der Waals surface area contributed by atoms with Crippen LogP contribution < -0.4 is 15.0 Å². The van der Waals surface area contributed by atoms with Crippen molar-refractivity contribution in [1.82, 2.24) is 4.90 Å². The zero-order valence-electron chi connectivity index (χ0n) is 15.5. The molecule has 0 bridgehead atoms. The second-order valence-corrected chi connectivity index (χ2v) is 6.35. The second-order valence-electron chi connectivity index (χ2n) is 6.35. The highest BCUT2D eigenvalue weighted by atomic mass is 16.6. The largest absolute Gasteiger partial charge is 0.494 e. The monoisotopic (exact) mass is 349 g/mol. The van der Waals surface area contributed by atoms with E-state index in [2.05, 4.69) is 19.2 Å². The van der Waals surface area contributed by atoms with E-state index in [0.717, 1.165) is 0 Å². The number of hydrogen-bond donors (Lipinski definition) is 1. The Bertz CT molecular complexity index is 633. The Morgan fingerprint density at radius 3 is 2.64 bits per heavy atom. The van der Waals surface area contributed by atoms with Crippen LogP contribution in [0.3, 0.4) is 0 Å². The van der Waals surface area contributed by atoms with Crippen molar-refractivity contribution in [3.8, 4) is 5.75 Å². The van der Waals surface area contributed by atoms with E-state index in [9.17, 15) is 9.59 Å². The smallest absolute Gasteiger partial charge is 0.414 e. The Hall–Kier alpha value is -2.44. The van der Waals surface area contributed by atoms with Crippen LogP contribution in [0.1, 0.15) is 27.7 Å². The predicted octanol–water partition coefficient (Wildman–Crippen LogP) is 3.55.